The second-order valence-electron chi connectivity index (χ2n) is 9.83. The van der Waals surface area contributed by atoms with Crippen LogP contribution in [0.2, 0.25) is 0 Å². The number of aryl methyl sites for hydroxylation is 1. The van der Waals surface area contributed by atoms with Gasteiger partial charge in [-0.05, 0) is 71.8 Å². The van der Waals surface area contributed by atoms with Gasteiger partial charge in [0.1, 0.15) is 5.75 Å². The number of rotatable bonds is 8. The van der Waals surface area contributed by atoms with Crippen molar-refractivity contribution in [2.24, 2.45) is 0 Å². The minimum absolute atomic E-state index is 0.00381. The van der Waals surface area contributed by atoms with E-state index in [4.69, 9.17) is 9.47 Å². The molecule has 3 aromatic carbocycles. The standard InChI is InChI=1S/C30H31F6NO3/c1-18(2)21-7-9-27(39-4)26(15-21)25-8-6-19(3)12-22(25)17-37(28(38)40-5)11-10-20-13-23(29(31,32)33)16-24(14-20)30(34,35)36/h6-9,12-16,18H,10-11,17H2,1-5H3. The van der Waals surface area contributed by atoms with Gasteiger partial charge in [-0.1, -0.05) is 43.7 Å². The van der Waals surface area contributed by atoms with E-state index in [1.807, 2.05) is 43.3 Å². The van der Waals surface area contributed by atoms with Gasteiger partial charge in [-0.15, -0.1) is 0 Å². The fourth-order valence-corrected chi connectivity index (χ4v) is 4.41. The lowest BCUT2D eigenvalue weighted by molar-refractivity contribution is -0.143. The Kier molecular flexibility index (Phi) is 9.43. The molecule has 0 saturated heterocycles. The van der Waals surface area contributed by atoms with Gasteiger partial charge in [0.25, 0.3) is 0 Å². The number of hydrogen-bond acceptors (Lipinski definition) is 3. The highest BCUT2D eigenvalue weighted by Crippen LogP contribution is 2.38. The van der Waals surface area contributed by atoms with E-state index in [1.165, 1.54) is 4.90 Å². The smallest absolute Gasteiger partial charge is 0.416 e. The molecule has 0 N–H and O–H groups in total. The van der Waals surface area contributed by atoms with E-state index < -0.39 is 29.6 Å². The number of hydrogen-bond donors (Lipinski definition) is 0. The van der Waals surface area contributed by atoms with Crippen molar-refractivity contribution in [3.63, 3.8) is 0 Å². The molecule has 216 valence electrons. The molecule has 0 atom stereocenters. The Labute approximate surface area is 229 Å². The van der Waals surface area contributed by atoms with Crippen LogP contribution in [0.1, 0.15) is 53.1 Å². The molecular weight excluding hydrogens is 536 g/mol. The van der Waals surface area contributed by atoms with Crippen LogP contribution in [0.25, 0.3) is 11.1 Å². The molecule has 0 aliphatic carbocycles. The van der Waals surface area contributed by atoms with E-state index >= 15 is 0 Å². The Bertz CT molecular complexity index is 1320. The molecule has 0 aromatic heterocycles. The number of nitrogens with zero attached hydrogens (tertiary/aromatic N) is 1. The molecule has 0 saturated carbocycles. The topological polar surface area (TPSA) is 38.8 Å². The van der Waals surface area contributed by atoms with Crippen LogP contribution in [-0.4, -0.2) is 31.8 Å². The van der Waals surface area contributed by atoms with Gasteiger partial charge in [0.2, 0.25) is 0 Å². The molecule has 10 heteroatoms. The van der Waals surface area contributed by atoms with Crippen LogP contribution < -0.4 is 4.74 Å². The first kappa shape index (κ1) is 30.8. The second kappa shape index (κ2) is 12.2. The van der Waals surface area contributed by atoms with Crippen molar-refractivity contribution in [3.05, 3.63) is 88.0 Å². The number of carbonyl (C=O) groups is 1. The lowest BCUT2D eigenvalue weighted by Crippen LogP contribution is -2.32. The van der Waals surface area contributed by atoms with E-state index in [2.05, 4.69) is 13.8 Å². The van der Waals surface area contributed by atoms with Crippen molar-refractivity contribution in [2.75, 3.05) is 20.8 Å². The lowest BCUT2D eigenvalue weighted by Gasteiger charge is -2.24. The summed E-state index contributed by atoms with van der Waals surface area (Å²) in [4.78, 5) is 14.0. The summed E-state index contributed by atoms with van der Waals surface area (Å²) in [6.07, 6.45) is -10.9. The maximum atomic E-state index is 13.3. The van der Waals surface area contributed by atoms with E-state index in [1.54, 1.807) is 7.11 Å². The van der Waals surface area contributed by atoms with Gasteiger partial charge in [-0.2, -0.15) is 26.3 Å². The van der Waals surface area contributed by atoms with E-state index in [-0.39, 0.29) is 37.1 Å². The van der Waals surface area contributed by atoms with Crippen LogP contribution in [0.4, 0.5) is 31.1 Å². The molecule has 0 aliphatic heterocycles. The molecule has 0 fully saturated rings. The van der Waals surface area contributed by atoms with Crippen LogP contribution >= 0.6 is 0 Å². The minimum Gasteiger partial charge on any atom is -0.496 e. The first-order chi connectivity index (χ1) is 18.6. The highest BCUT2D eigenvalue weighted by Gasteiger charge is 2.37. The zero-order valence-corrected chi connectivity index (χ0v) is 22.8. The number of carbonyl (C=O) groups excluding carboxylic acids is 1. The van der Waals surface area contributed by atoms with E-state index in [0.29, 0.717) is 23.4 Å². The Morgan fingerprint density at radius 1 is 0.850 bits per heavy atom. The lowest BCUT2D eigenvalue weighted by atomic mass is 9.92. The second-order valence-corrected chi connectivity index (χ2v) is 9.83. The van der Waals surface area contributed by atoms with Gasteiger partial charge in [-0.3, -0.25) is 0 Å². The van der Waals surface area contributed by atoms with Crippen molar-refractivity contribution in [1.82, 2.24) is 4.90 Å². The average Bonchev–Trinajstić information content (AvgIpc) is 2.89. The van der Waals surface area contributed by atoms with E-state index in [0.717, 1.165) is 29.4 Å². The molecule has 4 nitrogen and oxygen atoms in total. The summed E-state index contributed by atoms with van der Waals surface area (Å²) in [7, 11) is 2.71. The van der Waals surface area contributed by atoms with Crippen LogP contribution in [0.15, 0.2) is 54.6 Å². The zero-order valence-electron chi connectivity index (χ0n) is 22.8. The quantitative estimate of drug-likeness (QED) is 0.256. The average molecular weight is 568 g/mol. The van der Waals surface area contributed by atoms with Crippen molar-refractivity contribution < 1.29 is 40.6 Å². The third-order valence-electron chi connectivity index (χ3n) is 6.55. The van der Waals surface area contributed by atoms with Crippen molar-refractivity contribution in [1.29, 1.82) is 0 Å². The third-order valence-corrected chi connectivity index (χ3v) is 6.55. The fourth-order valence-electron chi connectivity index (χ4n) is 4.41. The molecule has 3 rings (SSSR count). The minimum atomic E-state index is -4.96. The first-order valence-corrected chi connectivity index (χ1v) is 12.5. The van der Waals surface area contributed by atoms with Gasteiger partial charge in [0, 0.05) is 18.7 Å². The highest BCUT2D eigenvalue weighted by molar-refractivity contribution is 5.75. The van der Waals surface area contributed by atoms with Crippen LogP contribution in [0.3, 0.4) is 0 Å². The molecule has 0 unspecified atom stereocenters. The molecule has 0 radical (unpaired) electrons. The van der Waals surface area contributed by atoms with Crippen LogP contribution in [0.5, 0.6) is 5.75 Å². The first-order valence-electron chi connectivity index (χ1n) is 12.5. The summed E-state index contributed by atoms with van der Waals surface area (Å²) in [6, 6.07) is 12.9. The predicted molar refractivity (Wildman–Crippen MR) is 140 cm³/mol. The molecule has 0 heterocycles. The molecule has 0 aliphatic rings. The normalized spacial score (nSPS) is 12.0. The van der Waals surface area contributed by atoms with Crippen molar-refractivity contribution >= 4 is 6.09 Å². The van der Waals surface area contributed by atoms with Gasteiger partial charge < -0.3 is 14.4 Å². The van der Waals surface area contributed by atoms with E-state index in [9.17, 15) is 31.1 Å². The summed E-state index contributed by atoms with van der Waals surface area (Å²) < 4.78 is 90.4. The summed E-state index contributed by atoms with van der Waals surface area (Å²) >= 11 is 0. The Balaban J connectivity index is 2.00. The van der Waals surface area contributed by atoms with Crippen molar-refractivity contribution in [3.8, 4) is 16.9 Å². The number of halogens is 6. The van der Waals surface area contributed by atoms with Gasteiger partial charge in [0.15, 0.2) is 0 Å². The maximum Gasteiger partial charge on any atom is 0.416 e. The predicted octanol–water partition coefficient (Wildman–Crippen LogP) is 8.64. The van der Waals surface area contributed by atoms with Gasteiger partial charge >= 0.3 is 18.4 Å². The number of methoxy groups -OCH3 is 2. The summed E-state index contributed by atoms with van der Waals surface area (Å²) in [6.45, 7) is 5.81. The van der Waals surface area contributed by atoms with Gasteiger partial charge in [-0.25, -0.2) is 4.79 Å². The maximum absolute atomic E-state index is 13.3. The molecule has 1 amide bonds. The SMILES string of the molecule is COC(=O)N(CCc1cc(C(F)(F)F)cc(C(F)(F)F)c1)Cc1cc(C)ccc1-c1cc(C(C)C)ccc1OC. The molecule has 3 aromatic rings. The molecular formula is C30H31F6NO3. The number of ether oxygens (including phenoxy) is 2. The number of amides is 1. The zero-order chi connectivity index (χ0) is 29.8. The summed E-state index contributed by atoms with van der Waals surface area (Å²) in [5, 5.41) is 0. The highest BCUT2D eigenvalue weighted by atomic mass is 19.4. The van der Waals surface area contributed by atoms with Gasteiger partial charge in [0.05, 0.1) is 25.3 Å². The fraction of sp³-hybridized carbons (Fsp3) is 0.367. The third kappa shape index (κ3) is 7.49. The Hall–Kier alpha value is -3.69. The Morgan fingerprint density at radius 2 is 1.48 bits per heavy atom. The Morgan fingerprint density at radius 3 is 2.00 bits per heavy atom. The molecule has 0 spiro atoms. The van der Waals surface area contributed by atoms with Crippen LogP contribution in [-0.2, 0) is 30.1 Å². The van der Waals surface area contributed by atoms with Crippen LogP contribution in [0, 0.1) is 6.92 Å². The monoisotopic (exact) mass is 567 g/mol. The summed E-state index contributed by atoms with van der Waals surface area (Å²) in [5.74, 6) is 0.849. The number of benzene rings is 3. The van der Waals surface area contributed by atoms with Crippen molar-refractivity contribution in [2.45, 2.75) is 52.0 Å². The number of alkyl halides is 6. The molecule has 0 bridgehead atoms. The largest absolute Gasteiger partial charge is 0.496 e. The summed E-state index contributed by atoms with van der Waals surface area (Å²) in [5.41, 5.74) is 1.24. The molecule has 40 heavy (non-hydrogen) atoms.